The molecular formula is C16H27IN4O2. The maximum atomic E-state index is 11.5. The van der Waals surface area contributed by atoms with E-state index >= 15 is 0 Å². The molecule has 2 aliphatic rings. The highest BCUT2D eigenvalue weighted by Gasteiger charge is 2.39. The smallest absolute Gasteiger partial charge is 0.223 e. The fourth-order valence-electron chi connectivity index (χ4n) is 3.80. The van der Waals surface area contributed by atoms with Crippen molar-refractivity contribution in [3.63, 3.8) is 0 Å². The highest BCUT2D eigenvalue weighted by molar-refractivity contribution is 14.0. The summed E-state index contributed by atoms with van der Waals surface area (Å²) in [4.78, 5) is 14.0. The molecule has 0 aliphatic carbocycles. The van der Waals surface area contributed by atoms with Gasteiger partial charge in [0.05, 0.1) is 12.0 Å². The first-order valence-corrected chi connectivity index (χ1v) is 8.25. The molecule has 130 valence electrons. The molecule has 0 saturated carbocycles. The molecule has 2 atom stereocenters. The Hall–Kier alpha value is -0.670. The zero-order valence-corrected chi connectivity index (χ0v) is 16.0. The normalized spacial score (nSPS) is 26.1. The number of primary amides is 1. The fraction of sp³-hybridized carbons (Fsp3) is 0.750. The van der Waals surface area contributed by atoms with E-state index in [0.29, 0.717) is 12.5 Å². The molecule has 3 heterocycles. The van der Waals surface area contributed by atoms with Crippen molar-refractivity contribution in [3.05, 3.63) is 18.0 Å². The maximum absolute atomic E-state index is 11.5. The van der Waals surface area contributed by atoms with Crippen LogP contribution in [0.5, 0.6) is 0 Å². The van der Waals surface area contributed by atoms with Crippen LogP contribution in [0.1, 0.15) is 25.0 Å². The molecule has 1 aromatic heterocycles. The van der Waals surface area contributed by atoms with Crippen molar-refractivity contribution in [3.8, 4) is 0 Å². The first kappa shape index (κ1) is 18.7. The average molecular weight is 434 g/mol. The summed E-state index contributed by atoms with van der Waals surface area (Å²) in [5.74, 6) is 0.208. The SMILES string of the molecule is Cn1nccc1CCN1CCC([C@H]2OCC[C@@H]2C(N)=O)CC1.I. The van der Waals surface area contributed by atoms with Crippen LogP contribution >= 0.6 is 24.0 Å². The molecule has 1 aromatic rings. The van der Waals surface area contributed by atoms with Crippen LogP contribution in [0.3, 0.4) is 0 Å². The molecule has 2 N–H and O–H groups in total. The molecule has 23 heavy (non-hydrogen) atoms. The third-order valence-electron chi connectivity index (χ3n) is 5.20. The van der Waals surface area contributed by atoms with Crippen LogP contribution in [0.15, 0.2) is 12.3 Å². The van der Waals surface area contributed by atoms with Crippen molar-refractivity contribution >= 4 is 29.9 Å². The molecule has 0 radical (unpaired) electrons. The van der Waals surface area contributed by atoms with Crippen LogP contribution < -0.4 is 5.73 Å². The molecule has 0 unspecified atom stereocenters. The van der Waals surface area contributed by atoms with E-state index in [2.05, 4.69) is 16.1 Å². The Labute approximate surface area is 154 Å². The number of carbonyl (C=O) groups is 1. The van der Waals surface area contributed by atoms with Crippen LogP contribution in [0, 0.1) is 11.8 Å². The van der Waals surface area contributed by atoms with Gasteiger partial charge in [-0.2, -0.15) is 5.10 Å². The Morgan fingerprint density at radius 3 is 2.74 bits per heavy atom. The lowest BCUT2D eigenvalue weighted by Crippen LogP contribution is -2.42. The van der Waals surface area contributed by atoms with E-state index in [0.717, 1.165) is 45.3 Å². The summed E-state index contributed by atoms with van der Waals surface area (Å²) in [6.07, 6.45) is 5.92. The van der Waals surface area contributed by atoms with Gasteiger partial charge in [0.15, 0.2) is 0 Å². The van der Waals surface area contributed by atoms with Gasteiger partial charge in [0.25, 0.3) is 0 Å². The zero-order valence-electron chi connectivity index (χ0n) is 13.7. The number of amides is 1. The molecule has 3 rings (SSSR count). The van der Waals surface area contributed by atoms with Gasteiger partial charge in [-0.15, -0.1) is 24.0 Å². The molecule has 2 aliphatic heterocycles. The lowest BCUT2D eigenvalue weighted by molar-refractivity contribution is -0.124. The van der Waals surface area contributed by atoms with Gasteiger partial charge < -0.3 is 15.4 Å². The minimum absolute atomic E-state index is 0. The van der Waals surface area contributed by atoms with Crippen molar-refractivity contribution in [1.29, 1.82) is 0 Å². The van der Waals surface area contributed by atoms with Crippen LogP contribution in [0.2, 0.25) is 0 Å². The summed E-state index contributed by atoms with van der Waals surface area (Å²) < 4.78 is 7.75. The van der Waals surface area contributed by atoms with Crippen molar-refractivity contribution in [2.45, 2.75) is 31.8 Å². The number of aryl methyl sites for hydroxylation is 1. The van der Waals surface area contributed by atoms with Crippen LogP contribution in [0.25, 0.3) is 0 Å². The number of hydrogen-bond donors (Lipinski definition) is 1. The minimum atomic E-state index is -0.193. The lowest BCUT2D eigenvalue weighted by atomic mass is 9.84. The number of piperidine rings is 1. The summed E-state index contributed by atoms with van der Waals surface area (Å²) in [5.41, 5.74) is 6.77. The largest absolute Gasteiger partial charge is 0.377 e. The Bertz CT molecular complexity index is 514. The summed E-state index contributed by atoms with van der Waals surface area (Å²) in [5, 5.41) is 4.21. The minimum Gasteiger partial charge on any atom is -0.377 e. The van der Waals surface area contributed by atoms with E-state index in [1.54, 1.807) is 0 Å². The topological polar surface area (TPSA) is 73.4 Å². The Balaban J connectivity index is 0.00000192. The number of rotatable bonds is 5. The molecule has 0 spiro atoms. The molecule has 0 bridgehead atoms. The highest BCUT2D eigenvalue weighted by atomic mass is 127. The van der Waals surface area contributed by atoms with Crippen LogP contribution in [0.4, 0.5) is 0 Å². The van der Waals surface area contributed by atoms with Crippen molar-refractivity contribution in [1.82, 2.24) is 14.7 Å². The van der Waals surface area contributed by atoms with Crippen LogP contribution in [-0.2, 0) is 23.0 Å². The number of nitrogens with zero attached hydrogens (tertiary/aromatic N) is 3. The first-order chi connectivity index (χ1) is 10.6. The van der Waals surface area contributed by atoms with E-state index in [1.165, 1.54) is 5.69 Å². The lowest BCUT2D eigenvalue weighted by Gasteiger charge is -2.35. The number of carbonyl (C=O) groups excluding carboxylic acids is 1. The van der Waals surface area contributed by atoms with Gasteiger partial charge in [0, 0.05) is 38.5 Å². The summed E-state index contributed by atoms with van der Waals surface area (Å²) in [7, 11) is 1.99. The van der Waals surface area contributed by atoms with E-state index in [9.17, 15) is 4.79 Å². The third-order valence-corrected chi connectivity index (χ3v) is 5.20. The quantitative estimate of drug-likeness (QED) is 0.707. The van der Waals surface area contributed by atoms with Crippen molar-refractivity contribution < 1.29 is 9.53 Å². The number of ether oxygens (including phenoxy) is 1. The van der Waals surface area contributed by atoms with Gasteiger partial charge in [-0.1, -0.05) is 0 Å². The number of nitrogens with two attached hydrogens (primary N) is 1. The molecular weight excluding hydrogens is 407 g/mol. The predicted octanol–water partition coefficient (Wildman–Crippen LogP) is 1.18. The van der Waals surface area contributed by atoms with Gasteiger partial charge in [-0.05, 0) is 44.3 Å². The number of likely N-dealkylation sites (tertiary alicyclic amines) is 1. The fourth-order valence-corrected chi connectivity index (χ4v) is 3.80. The Morgan fingerprint density at radius 2 is 2.13 bits per heavy atom. The average Bonchev–Trinajstić information content (AvgIpc) is 3.14. The second-order valence-electron chi connectivity index (χ2n) is 6.51. The van der Waals surface area contributed by atoms with E-state index in [-0.39, 0.29) is 41.9 Å². The van der Waals surface area contributed by atoms with Gasteiger partial charge in [-0.3, -0.25) is 9.48 Å². The van der Waals surface area contributed by atoms with Crippen molar-refractivity contribution in [2.24, 2.45) is 24.6 Å². The van der Waals surface area contributed by atoms with Crippen molar-refractivity contribution in [2.75, 3.05) is 26.2 Å². The summed E-state index contributed by atoms with van der Waals surface area (Å²) in [6.45, 7) is 3.90. The van der Waals surface area contributed by atoms with E-state index in [1.807, 2.05) is 17.9 Å². The molecule has 0 aromatic carbocycles. The van der Waals surface area contributed by atoms with E-state index < -0.39 is 0 Å². The summed E-state index contributed by atoms with van der Waals surface area (Å²) >= 11 is 0. The standard InChI is InChI=1S/C16H26N4O2.HI/c1-19-13(2-7-18-19)5-10-20-8-3-12(4-9-20)15-14(16(17)21)6-11-22-15;/h2,7,12,14-15H,3-6,8-11H2,1H3,(H2,17,21);1H/t14-,15+;/m0./s1. The zero-order chi connectivity index (χ0) is 15.5. The third kappa shape index (κ3) is 4.45. The van der Waals surface area contributed by atoms with Gasteiger partial charge in [-0.25, -0.2) is 0 Å². The number of halogens is 1. The Kier molecular flexibility index (Phi) is 6.84. The van der Waals surface area contributed by atoms with Gasteiger partial charge in [0.2, 0.25) is 5.91 Å². The second kappa shape index (κ2) is 8.43. The molecule has 7 heteroatoms. The monoisotopic (exact) mass is 434 g/mol. The molecule has 2 fully saturated rings. The summed E-state index contributed by atoms with van der Waals surface area (Å²) in [6, 6.07) is 2.08. The number of hydrogen-bond acceptors (Lipinski definition) is 4. The number of aromatic nitrogens is 2. The maximum Gasteiger partial charge on any atom is 0.223 e. The molecule has 2 saturated heterocycles. The van der Waals surface area contributed by atoms with Gasteiger partial charge in [0.1, 0.15) is 0 Å². The van der Waals surface area contributed by atoms with Crippen LogP contribution in [-0.4, -0.2) is 52.9 Å². The van der Waals surface area contributed by atoms with Gasteiger partial charge >= 0.3 is 0 Å². The highest BCUT2D eigenvalue weighted by Crippen LogP contribution is 2.32. The first-order valence-electron chi connectivity index (χ1n) is 8.25. The predicted molar refractivity (Wildman–Crippen MR) is 98.5 cm³/mol. The molecule has 6 nitrogen and oxygen atoms in total. The second-order valence-corrected chi connectivity index (χ2v) is 6.51. The molecule has 1 amide bonds. The van der Waals surface area contributed by atoms with E-state index in [4.69, 9.17) is 10.5 Å². The Morgan fingerprint density at radius 1 is 1.39 bits per heavy atom.